The van der Waals surface area contributed by atoms with Crippen LogP contribution in [0.3, 0.4) is 0 Å². The Morgan fingerprint density at radius 2 is 1.80 bits per heavy atom. The van der Waals surface area contributed by atoms with Gasteiger partial charge in [0.15, 0.2) is 0 Å². The molecule has 0 aromatic rings. The molecule has 1 heterocycles. The van der Waals surface area contributed by atoms with Crippen LogP contribution in [0.25, 0.3) is 0 Å². The van der Waals surface area contributed by atoms with Gasteiger partial charge in [-0.25, -0.2) is 8.42 Å². The van der Waals surface area contributed by atoms with Gasteiger partial charge in [0.25, 0.3) is 0 Å². The number of rotatable bonds is 2. The molecule has 0 radical (unpaired) electrons. The van der Waals surface area contributed by atoms with Crippen molar-refractivity contribution in [3.05, 3.63) is 0 Å². The number of aliphatic hydroxyl groups is 1. The summed E-state index contributed by atoms with van der Waals surface area (Å²) in [5.74, 6) is 1.000. The highest BCUT2D eigenvalue weighted by Gasteiger charge is 2.49. The Morgan fingerprint density at radius 3 is 2.20 bits per heavy atom. The molecule has 1 aliphatic carbocycles. The predicted octanol–water partition coefficient (Wildman–Crippen LogP) is -0.0890. The van der Waals surface area contributed by atoms with E-state index in [-0.39, 0.29) is 11.5 Å². The molecule has 1 saturated carbocycles. The Bertz CT molecular complexity index is 319. The zero-order chi connectivity index (χ0) is 11.1. The maximum Gasteiger partial charge on any atom is 0.150 e. The molecule has 0 bridgehead atoms. The Balaban J connectivity index is 2.00. The maximum absolute atomic E-state index is 11.3. The van der Waals surface area contributed by atoms with Crippen molar-refractivity contribution in [1.29, 1.82) is 0 Å². The summed E-state index contributed by atoms with van der Waals surface area (Å²) < 4.78 is 22.6. The van der Waals surface area contributed by atoms with Crippen LogP contribution in [0.4, 0.5) is 0 Å². The van der Waals surface area contributed by atoms with E-state index in [1.807, 2.05) is 0 Å². The van der Waals surface area contributed by atoms with Gasteiger partial charge in [0.2, 0.25) is 0 Å². The van der Waals surface area contributed by atoms with Gasteiger partial charge in [0.05, 0.1) is 17.6 Å². The fraction of sp³-hybridized carbons (Fsp3) is 1.00. The number of hydrogen-bond acceptors (Lipinski definition) is 4. The quantitative estimate of drug-likeness (QED) is 0.698. The molecule has 88 valence electrons. The van der Waals surface area contributed by atoms with Gasteiger partial charge in [-0.15, -0.1) is 0 Å². The van der Waals surface area contributed by atoms with Crippen LogP contribution in [0, 0.1) is 11.3 Å². The molecule has 0 aromatic carbocycles. The molecule has 1 saturated heterocycles. The summed E-state index contributed by atoms with van der Waals surface area (Å²) in [6, 6.07) is 0. The lowest BCUT2D eigenvalue weighted by Gasteiger charge is -2.51. The first kappa shape index (κ1) is 11.4. The van der Waals surface area contributed by atoms with E-state index in [1.165, 1.54) is 0 Å². The van der Waals surface area contributed by atoms with Crippen LogP contribution in [0.5, 0.6) is 0 Å². The average molecular weight is 233 g/mol. The van der Waals surface area contributed by atoms with Crippen LogP contribution in [0.2, 0.25) is 0 Å². The molecule has 0 amide bonds. The van der Waals surface area contributed by atoms with E-state index in [2.05, 4.69) is 0 Å². The Hall–Kier alpha value is -0.130. The average Bonchev–Trinajstić information content (AvgIpc) is 2.13. The molecule has 0 atom stereocenters. The smallest absolute Gasteiger partial charge is 0.150 e. The van der Waals surface area contributed by atoms with Crippen molar-refractivity contribution >= 4 is 9.84 Å². The van der Waals surface area contributed by atoms with E-state index in [0.29, 0.717) is 24.0 Å². The van der Waals surface area contributed by atoms with Crippen LogP contribution in [0.15, 0.2) is 0 Å². The SMILES string of the molecule is NCC1(C2CCS(=O)(=O)CC2)CC(O)C1. The minimum Gasteiger partial charge on any atom is -0.393 e. The van der Waals surface area contributed by atoms with Crippen LogP contribution >= 0.6 is 0 Å². The Labute approximate surface area is 90.8 Å². The zero-order valence-corrected chi connectivity index (χ0v) is 9.67. The summed E-state index contributed by atoms with van der Waals surface area (Å²) in [6.07, 6.45) is 2.76. The van der Waals surface area contributed by atoms with E-state index in [0.717, 1.165) is 25.7 Å². The molecule has 3 N–H and O–H groups in total. The first-order valence-corrected chi connectivity index (χ1v) is 7.38. The second kappa shape index (κ2) is 3.71. The van der Waals surface area contributed by atoms with Gasteiger partial charge >= 0.3 is 0 Å². The monoisotopic (exact) mass is 233 g/mol. The van der Waals surface area contributed by atoms with E-state index in [4.69, 9.17) is 5.73 Å². The van der Waals surface area contributed by atoms with E-state index < -0.39 is 9.84 Å². The first-order valence-electron chi connectivity index (χ1n) is 5.56. The number of aliphatic hydroxyl groups excluding tert-OH is 1. The van der Waals surface area contributed by atoms with Crippen LogP contribution in [0.1, 0.15) is 25.7 Å². The molecule has 1 aliphatic heterocycles. The van der Waals surface area contributed by atoms with E-state index >= 15 is 0 Å². The summed E-state index contributed by atoms with van der Waals surface area (Å²) in [5, 5.41) is 9.37. The van der Waals surface area contributed by atoms with Crippen molar-refractivity contribution in [1.82, 2.24) is 0 Å². The minimum atomic E-state index is -2.79. The van der Waals surface area contributed by atoms with Gasteiger partial charge in [0, 0.05) is 0 Å². The normalized spacial score (nSPS) is 41.1. The van der Waals surface area contributed by atoms with Crippen molar-refractivity contribution in [3.63, 3.8) is 0 Å². The van der Waals surface area contributed by atoms with Crippen molar-refractivity contribution in [3.8, 4) is 0 Å². The number of nitrogens with two attached hydrogens (primary N) is 1. The predicted molar refractivity (Wildman–Crippen MR) is 58.1 cm³/mol. The Morgan fingerprint density at radius 1 is 1.27 bits per heavy atom. The van der Waals surface area contributed by atoms with Gasteiger partial charge in [-0.3, -0.25) is 0 Å². The standard InChI is InChI=1S/C10H19NO3S/c11-7-10(5-9(12)6-10)8-1-3-15(13,14)4-2-8/h8-9,12H,1-7,11H2. The third kappa shape index (κ3) is 2.05. The molecule has 2 aliphatic rings. The fourth-order valence-corrected chi connectivity index (χ4v) is 4.54. The van der Waals surface area contributed by atoms with E-state index in [1.54, 1.807) is 0 Å². The van der Waals surface area contributed by atoms with Crippen LogP contribution < -0.4 is 5.73 Å². The van der Waals surface area contributed by atoms with Crippen molar-refractivity contribution < 1.29 is 13.5 Å². The highest BCUT2D eigenvalue weighted by molar-refractivity contribution is 7.91. The Kier molecular flexibility index (Phi) is 2.81. The molecule has 15 heavy (non-hydrogen) atoms. The minimum absolute atomic E-state index is 0.0371. The maximum atomic E-state index is 11.3. The summed E-state index contributed by atoms with van der Waals surface area (Å²) in [7, 11) is -2.79. The fourth-order valence-electron chi connectivity index (χ4n) is 3.05. The molecule has 0 spiro atoms. The highest BCUT2D eigenvalue weighted by Crippen LogP contribution is 2.50. The van der Waals surface area contributed by atoms with Crippen molar-refractivity contribution in [2.45, 2.75) is 31.8 Å². The molecule has 0 aromatic heterocycles. The van der Waals surface area contributed by atoms with Crippen molar-refractivity contribution in [2.75, 3.05) is 18.1 Å². The van der Waals surface area contributed by atoms with Gasteiger partial charge < -0.3 is 10.8 Å². The summed E-state index contributed by atoms with van der Waals surface area (Å²) >= 11 is 0. The van der Waals surface area contributed by atoms with Gasteiger partial charge in [-0.05, 0) is 43.6 Å². The van der Waals surface area contributed by atoms with Crippen LogP contribution in [-0.2, 0) is 9.84 Å². The number of sulfone groups is 1. The topological polar surface area (TPSA) is 80.4 Å². The summed E-state index contributed by atoms with van der Waals surface area (Å²) in [4.78, 5) is 0. The third-order valence-electron chi connectivity index (χ3n) is 4.11. The second-order valence-corrected chi connectivity index (χ2v) is 7.36. The van der Waals surface area contributed by atoms with Gasteiger partial charge in [-0.2, -0.15) is 0 Å². The largest absolute Gasteiger partial charge is 0.393 e. The van der Waals surface area contributed by atoms with Crippen LogP contribution in [-0.4, -0.2) is 37.7 Å². The first-order chi connectivity index (χ1) is 6.97. The number of hydrogen-bond donors (Lipinski definition) is 2. The molecular weight excluding hydrogens is 214 g/mol. The second-order valence-electron chi connectivity index (χ2n) is 5.05. The highest BCUT2D eigenvalue weighted by atomic mass is 32.2. The molecule has 4 nitrogen and oxygen atoms in total. The molecule has 5 heteroatoms. The molecule has 0 unspecified atom stereocenters. The van der Waals surface area contributed by atoms with E-state index in [9.17, 15) is 13.5 Å². The summed E-state index contributed by atoms with van der Waals surface area (Å²) in [5.41, 5.74) is 5.81. The molecule has 2 rings (SSSR count). The van der Waals surface area contributed by atoms with Crippen molar-refractivity contribution in [2.24, 2.45) is 17.1 Å². The lowest BCUT2D eigenvalue weighted by atomic mass is 9.58. The lowest BCUT2D eigenvalue weighted by Crippen LogP contribution is -2.52. The molecule has 2 fully saturated rings. The van der Waals surface area contributed by atoms with Gasteiger partial charge in [-0.1, -0.05) is 0 Å². The lowest BCUT2D eigenvalue weighted by molar-refractivity contribution is -0.0666. The van der Waals surface area contributed by atoms with Gasteiger partial charge in [0.1, 0.15) is 9.84 Å². The molecular formula is C10H19NO3S. The third-order valence-corrected chi connectivity index (χ3v) is 5.83. The summed E-state index contributed by atoms with van der Waals surface area (Å²) in [6.45, 7) is 0.578. The zero-order valence-electron chi connectivity index (χ0n) is 8.85.